The molecule has 1 aromatic carbocycles. The lowest BCUT2D eigenvalue weighted by Gasteiger charge is -2.09. The van der Waals surface area contributed by atoms with Gasteiger partial charge in [0.15, 0.2) is 10.9 Å². The van der Waals surface area contributed by atoms with Gasteiger partial charge in [-0.15, -0.1) is 0 Å². The molecule has 0 spiro atoms. The van der Waals surface area contributed by atoms with Crippen LogP contribution >= 0.6 is 11.8 Å². The van der Waals surface area contributed by atoms with Crippen LogP contribution in [0.15, 0.2) is 46.5 Å². The summed E-state index contributed by atoms with van der Waals surface area (Å²) in [5.74, 6) is -0.560. The van der Waals surface area contributed by atoms with Crippen LogP contribution in [0, 0.1) is 0 Å². The van der Waals surface area contributed by atoms with Gasteiger partial charge in [-0.3, -0.25) is 14.4 Å². The van der Waals surface area contributed by atoms with Crippen molar-refractivity contribution in [3.05, 3.63) is 58.1 Å². The van der Waals surface area contributed by atoms with E-state index in [2.05, 4.69) is 19.7 Å². The van der Waals surface area contributed by atoms with E-state index >= 15 is 0 Å². The van der Waals surface area contributed by atoms with Gasteiger partial charge < -0.3 is 14.7 Å². The first-order valence-electron chi connectivity index (χ1n) is 7.92. The Labute approximate surface area is 153 Å². The summed E-state index contributed by atoms with van der Waals surface area (Å²) >= 11 is 1.14. The lowest BCUT2D eigenvalue weighted by molar-refractivity contribution is -0.139. The Morgan fingerprint density at radius 2 is 2.08 bits per heavy atom. The smallest absolute Gasteiger partial charge is 0.311 e. The maximum atomic E-state index is 12.8. The summed E-state index contributed by atoms with van der Waals surface area (Å²) in [7, 11) is 1.27. The average molecular weight is 371 g/mol. The van der Waals surface area contributed by atoms with Crippen LogP contribution in [-0.2, 0) is 16.0 Å². The fourth-order valence-electron chi connectivity index (χ4n) is 2.57. The molecule has 3 aromatic rings. The number of para-hydroxylation sites is 1. The molecule has 2 heterocycles. The van der Waals surface area contributed by atoms with Crippen molar-refractivity contribution in [2.24, 2.45) is 0 Å². The lowest BCUT2D eigenvalue weighted by atomic mass is 10.1. The van der Waals surface area contributed by atoms with Crippen LogP contribution in [0.3, 0.4) is 0 Å². The fourth-order valence-corrected chi connectivity index (χ4v) is 3.46. The van der Waals surface area contributed by atoms with Crippen molar-refractivity contribution >= 4 is 34.4 Å². The first-order chi connectivity index (χ1) is 12.5. The van der Waals surface area contributed by atoms with E-state index in [1.807, 2.05) is 24.3 Å². The molecule has 0 aliphatic heterocycles. The van der Waals surface area contributed by atoms with Crippen LogP contribution in [-0.4, -0.2) is 39.1 Å². The number of ether oxygens (including phenoxy) is 1. The number of benzene rings is 1. The Balaban J connectivity index is 1.81. The van der Waals surface area contributed by atoms with E-state index in [9.17, 15) is 14.4 Å². The summed E-state index contributed by atoms with van der Waals surface area (Å²) in [6.45, 7) is 1.75. The summed E-state index contributed by atoms with van der Waals surface area (Å²) in [5, 5.41) is 0.675. The molecule has 0 amide bonds. The molecule has 26 heavy (non-hydrogen) atoms. The van der Waals surface area contributed by atoms with Crippen LogP contribution in [0.1, 0.15) is 23.0 Å². The first-order valence-corrected chi connectivity index (χ1v) is 8.80. The normalized spacial score (nSPS) is 12.1. The van der Waals surface area contributed by atoms with Gasteiger partial charge in [0.2, 0.25) is 0 Å². The maximum absolute atomic E-state index is 12.8. The summed E-state index contributed by atoms with van der Waals surface area (Å²) in [6.07, 6.45) is 1.59. The third kappa shape index (κ3) is 3.85. The number of methoxy groups -OCH3 is 1. The minimum absolute atomic E-state index is 0.0755. The molecule has 0 radical (unpaired) electrons. The molecule has 134 valence electrons. The molecule has 0 fully saturated rings. The summed E-state index contributed by atoms with van der Waals surface area (Å²) < 4.78 is 4.59. The van der Waals surface area contributed by atoms with Crippen LogP contribution in [0.2, 0.25) is 0 Å². The second kappa shape index (κ2) is 7.57. The highest BCUT2D eigenvalue weighted by molar-refractivity contribution is 8.00. The molecule has 0 saturated carbocycles. The molecule has 1 unspecified atom stereocenters. The zero-order chi connectivity index (χ0) is 18.7. The van der Waals surface area contributed by atoms with Gasteiger partial charge in [-0.25, -0.2) is 4.98 Å². The largest absolute Gasteiger partial charge is 0.469 e. The van der Waals surface area contributed by atoms with E-state index in [4.69, 9.17) is 0 Å². The molecule has 1 atom stereocenters. The van der Waals surface area contributed by atoms with Crippen LogP contribution in [0.4, 0.5) is 0 Å². The third-order valence-corrected chi connectivity index (χ3v) is 4.82. The standard InChI is InChI=1S/C18H17N3O4S/c1-10(17(24)13-9-19-14-6-4-3-5-12(13)14)26-18-20-11(7-15(22)21-18)8-16(23)25-2/h3-7,9-10,19H,8H2,1-2H3,(H,20,21,22). The monoisotopic (exact) mass is 371 g/mol. The van der Waals surface area contributed by atoms with Gasteiger partial charge >= 0.3 is 5.97 Å². The topological polar surface area (TPSA) is 105 Å². The van der Waals surface area contributed by atoms with Crippen molar-refractivity contribution in [3.8, 4) is 0 Å². The van der Waals surface area contributed by atoms with Gasteiger partial charge in [-0.05, 0) is 13.0 Å². The Morgan fingerprint density at radius 3 is 2.85 bits per heavy atom. The van der Waals surface area contributed by atoms with E-state index in [0.29, 0.717) is 11.3 Å². The molecule has 2 N–H and O–H groups in total. The van der Waals surface area contributed by atoms with Gasteiger partial charge in [-0.2, -0.15) is 0 Å². The van der Waals surface area contributed by atoms with Crippen molar-refractivity contribution in [1.29, 1.82) is 0 Å². The zero-order valence-electron chi connectivity index (χ0n) is 14.2. The molecular formula is C18H17N3O4S. The van der Waals surface area contributed by atoms with Crippen LogP contribution < -0.4 is 5.56 Å². The molecule has 0 aliphatic carbocycles. The number of hydrogen-bond donors (Lipinski definition) is 2. The Hall–Kier alpha value is -2.87. The van der Waals surface area contributed by atoms with Gasteiger partial charge in [-0.1, -0.05) is 30.0 Å². The van der Waals surface area contributed by atoms with Gasteiger partial charge in [0.1, 0.15) is 0 Å². The number of nitrogens with zero attached hydrogens (tertiary/aromatic N) is 1. The molecule has 0 bridgehead atoms. The summed E-state index contributed by atoms with van der Waals surface area (Å²) in [5.41, 5.74) is 1.40. The number of rotatable bonds is 6. The second-order valence-corrected chi connectivity index (χ2v) is 7.00. The molecule has 7 nitrogen and oxygen atoms in total. The van der Waals surface area contributed by atoms with E-state index in [1.54, 1.807) is 13.1 Å². The molecule has 2 aromatic heterocycles. The highest BCUT2D eigenvalue weighted by atomic mass is 32.2. The maximum Gasteiger partial charge on any atom is 0.311 e. The Bertz CT molecular complexity index is 1020. The summed E-state index contributed by atoms with van der Waals surface area (Å²) in [4.78, 5) is 45.8. The van der Waals surface area contributed by atoms with Gasteiger partial charge in [0, 0.05) is 28.7 Å². The summed E-state index contributed by atoms with van der Waals surface area (Å²) in [6, 6.07) is 8.80. The second-order valence-electron chi connectivity index (χ2n) is 5.67. The van der Waals surface area contributed by atoms with Crippen molar-refractivity contribution in [2.45, 2.75) is 23.8 Å². The van der Waals surface area contributed by atoms with E-state index < -0.39 is 11.2 Å². The van der Waals surface area contributed by atoms with E-state index in [-0.39, 0.29) is 22.9 Å². The Kier molecular flexibility index (Phi) is 5.22. The first kappa shape index (κ1) is 17.9. The van der Waals surface area contributed by atoms with Gasteiger partial charge in [0.25, 0.3) is 5.56 Å². The quantitative estimate of drug-likeness (QED) is 0.298. The number of esters is 1. The molecule has 3 rings (SSSR count). The number of aromatic amines is 2. The van der Waals surface area contributed by atoms with Crippen molar-refractivity contribution in [1.82, 2.24) is 15.0 Å². The number of fused-ring (bicyclic) bond motifs is 1. The SMILES string of the molecule is COC(=O)Cc1cc(=O)[nH]c(SC(C)C(=O)c2c[nH]c3ccccc23)n1. The predicted molar refractivity (Wildman–Crippen MR) is 98.5 cm³/mol. The predicted octanol–water partition coefficient (Wildman–Crippen LogP) is 2.33. The zero-order valence-corrected chi connectivity index (χ0v) is 15.1. The lowest BCUT2D eigenvalue weighted by Crippen LogP contribution is -2.17. The van der Waals surface area contributed by atoms with Crippen molar-refractivity contribution < 1.29 is 14.3 Å². The Morgan fingerprint density at radius 1 is 1.31 bits per heavy atom. The van der Waals surface area contributed by atoms with Crippen molar-refractivity contribution in [2.75, 3.05) is 7.11 Å². The number of hydrogen-bond acceptors (Lipinski definition) is 6. The minimum Gasteiger partial charge on any atom is -0.469 e. The number of thioether (sulfide) groups is 1. The fraction of sp³-hybridized carbons (Fsp3) is 0.222. The number of Topliss-reactive ketones (excluding diaryl/α,β-unsaturated/α-hetero) is 1. The van der Waals surface area contributed by atoms with E-state index in [0.717, 1.165) is 22.7 Å². The van der Waals surface area contributed by atoms with E-state index in [1.165, 1.54) is 13.2 Å². The molecule has 0 aliphatic rings. The number of ketones is 1. The number of H-pyrrole nitrogens is 2. The minimum atomic E-state index is -0.484. The molecule has 0 saturated heterocycles. The van der Waals surface area contributed by atoms with Crippen LogP contribution in [0.5, 0.6) is 0 Å². The highest BCUT2D eigenvalue weighted by Crippen LogP contribution is 2.26. The number of aromatic nitrogens is 3. The number of carbonyl (C=O) groups excluding carboxylic acids is 2. The molecular weight excluding hydrogens is 354 g/mol. The number of carbonyl (C=O) groups is 2. The third-order valence-electron chi connectivity index (χ3n) is 3.84. The van der Waals surface area contributed by atoms with Gasteiger partial charge in [0.05, 0.1) is 24.5 Å². The van der Waals surface area contributed by atoms with Crippen molar-refractivity contribution in [3.63, 3.8) is 0 Å². The highest BCUT2D eigenvalue weighted by Gasteiger charge is 2.21. The van der Waals surface area contributed by atoms with Crippen LogP contribution in [0.25, 0.3) is 10.9 Å². The average Bonchev–Trinajstić information content (AvgIpc) is 3.04. The number of nitrogens with one attached hydrogen (secondary N) is 2. The molecule has 8 heteroatoms.